The van der Waals surface area contributed by atoms with E-state index in [1.807, 2.05) is 35.2 Å². The molecule has 0 N–H and O–H groups in total. The molecule has 2 fully saturated rings. The smallest absolute Gasteiger partial charge is 0.253 e. The highest BCUT2D eigenvalue weighted by atomic mass is 16.5. The molecular weight excluding hydrogens is 372 g/mol. The number of carbonyl (C=O) groups is 1. The second-order valence-corrected chi connectivity index (χ2v) is 8.58. The van der Waals surface area contributed by atoms with E-state index in [1.54, 1.807) is 0 Å². The maximum atomic E-state index is 13.1. The van der Waals surface area contributed by atoms with Crippen LogP contribution in [0, 0.1) is 0 Å². The largest absolute Gasteiger partial charge is 0.372 e. The van der Waals surface area contributed by atoms with Crippen molar-refractivity contribution in [1.29, 1.82) is 0 Å². The van der Waals surface area contributed by atoms with Gasteiger partial charge in [0.2, 0.25) is 0 Å². The molecule has 3 aromatic rings. The summed E-state index contributed by atoms with van der Waals surface area (Å²) >= 11 is 0. The van der Waals surface area contributed by atoms with Gasteiger partial charge in [0.1, 0.15) is 0 Å². The number of hydrogen-bond donors (Lipinski definition) is 0. The highest BCUT2D eigenvalue weighted by Crippen LogP contribution is 2.31. The predicted molar refractivity (Wildman–Crippen MR) is 119 cm³/mol. The van der Waals surface area contributed by atoms with Crippen LogP contribution in [-0.2, 0) is 11.3 Å². The van der Waals surface area contributed by atoms with Crippen molar-refractivity contribution in [3.63, 3.8) is 0 Å². The van der Waals surface area contributed by atoms with Crippen LogP contribution in [-0.4, -0.2) is 54.1 Å². The normalized spacial score (nSPS) is 19.3. The summed E-state index contributed by atoms with van der Waals surface area (Å²) in [7, 11) is 0. The molecule has 0 aromatic heterocycles. The van der Waals surface area contributed by atoms with Crippen molar-refractivity contribution in [2.75, 3.05) is 32.8 Å². The maximum absolute atomic E-state index is 13.1. The number of ether oxygens (including phenoxy) is 1. The van der Waals surface area contributed by atoms with E-state index in [9.17, 15) is 4.79 Å². The second kappa shape index (κ2) is 8.21. The summed E-state index contributed by atoms with van der Waals surface area (Å²) in [5.41, 5.74) is 2.01. The van der Waals surface area contributed by atoms with E-state index < -0.39 is 0 Å². The molecule has 4 heteroatoms. The van der Waals surface area contributed by atoms with Gasteiger partial charge in [-0.1, -0.05) is 60.7 Å². The Morgan fingerprint density at radius 2 is 1.60 bits per heavy atom. The van der Waals surface area contributed by atoms with E-state index in [4.69, 9.17) is 4.74 Å². The molecule has 2 aliphatic heterocycles. The Morgan fingerprint density at radius 1 is 0.867 bits per heavy atom. The Kier molecular flexibility index (Phi) is 5.28. The minimum absolute atomic E-state index is 0.118. The summed E-state index contributed by atoms with van der Waals surface area (Å²) in [4.78, 5) is 17.6. The van der Waals surface area contributed by atoms with Crippen LogP contribution in [0.1, 0.15) is 28.8 Å². The number of nitrogens with zero attached hydrogens (tertiary/aromatic N) is 2. The zero-order valence-electron chi connectivity index (χ0n) is 17.3. The molecule has 154 valence electrons. The lowest BCUT2D eigenvalue weighted by Gasteiger charge is -2.47. The summed E-state index contributed by atoms with van der Waals surface area (Å²) < 4.78 is 6.29. The first-order valence-electron chi connectivity index (χ1n) is 10.9. The number of benzene rings is 3. The van der Waals surface area contributed by atoms with Gasteiger partial charge in [-0.15, -0.1) is 0 Å². The highest BCUT2D eigenvalue weighted by molar-refractivity contribution is 5.98. The third kappa shape index (κ3) is 3.98. The number of rotatable bonds is 3. The number of carbonyl (C=O) groups excluding carboxylic acids is 1. The van der Waals surface area contributed by atoms with Crippen LogP contribution < -0.4 is 0 Å². The third-order valence-electron chi connectivity index (χ3n) is 6.53. The van der Waals surface area contributed by atoms with Crippen LogP contribution in [0.4, 0.5) is 0 Å². The molecule has 30 heavy (non-hydrogen) atoms. The number of amides is 1. The average molecular weight is 401 g/mol. The van der Waals surface area contributed by atoms with Crippen molar-refractivity contribution in [2.45, 2.75) is 25.0 Å². The molecular formula is C26H28N2O2. The Bertz CT molecular complexity index is 1030. The molecule has 0 saturated carbocycles. The van der Waals surface area contributed by atoms with Crippen molar-refractivity contribution in [3.05, 3.63) is 83.9 Å². The molecule has 0 aliphatic carbocycles. The molecule has 4 nitrogen and oxygen atoms in total. The first kappa shape index (κ1) is 19.3. The molecule has 3 aromatic carbocycles. The fourth-order valence-electron chi connectivity index (χ4n) is 4.82. The summed E-state index contributed by atoms with van der Waals surface area (Å²) in [6.07, 6.45) is 1.80. The van der Waals surface area contributed by atoms with Gasteiger partial charge in [0.25, 0.3) is 5.91 Å². The standard InChI is InChI=1S/C26H28N2O2/c29-25(24-11-10-22-8-4-5-9-23(22)18-24)28-14-12-26(13-15-28)20-27(16-17-30-26)19-21-6-2-1-3-7-21/h1-11,18H,12-17,19-20H2. The quantitative estimate of drug-likeness (QED) is 0.655. The molecule has 5 rings (SSSR count). The summed E-state index contributed by atoms with van der Waals surface area (Å²) in [6, 6.07) is 24.8. The second-order valence-electron chi connectivity index (χ2n) is 8.58. The number of morpholine rings is 1. The van der Waals surface area contributed by atoms with Gasteiger partial charge >= 0.3 is 0 Å². The zero-order chi connectivity index (χ0) is 20.4. The lowest BCUT2D eigenvalue weighted by atomic mass is 9.88. The van der Waals surface area contributed by atoms with Gasteiger partial charge in [-0.2, -0.15) is 0 Å². The van der Waals surface area contributed by atoms with Crippen LogP contribution in [0.2, 0.25) is 0 Å². The highest BCUT2D eigenvalue weighted by Gasteiger charge is 2.40. The van der Waals surface area contributed by atoms with Crippen LogP contribution in [0.25, 0.3) is 10.8 Å². The molecule has 1 spiro atoms. The van der Waals surface area contributed by atoms with Gasteiger partial charge in [0, 0.05) is 38.3 Å². The van der Waals surface area contributed by atoms with E-state index in [-0.39, 0.29) is 11.5 Å². The number of likely N-dealkylation sites (tertiary alicyclic amines) is 1. The lowest BCUT2D eigenvalue weighted by molar-refractivity contribution is -0.134. The molecule has 2 heterocycles. The summed E-state index contributed by atoms with van der Waals surface area (Å²) in [5.74, 6) is 0.132. The van der Waals surface area contributed by atoms with Crippen molar-refractivity contribution in [1.82, 2.24) is 9.80 Å². The Hall–Kier alpha value is -2.69. The lowest BCUT2D eigenvalue weighted by Crippen LogP contribution is -2.57. The van der Waals surface area contributed by atoms with Gasteiger partial charge in [0.15, 0.2) is 0 Å². The maximum Gasteiger partial charge on any atom is 0.253 e. The Balaban J connectivity index is 1.23. The van der Waals surface area contributed by atoms with Crippen molar-refractivity contribution in [2.24, 2.45) is 0 Å². The van der Waals surface area contributed by atoms with Crippen molar-refractivity contribution >= 4 is 16.7 Å². The predicted octanol–water partition coefficient (Wildman–Crippen LogP) is 4.35. The van der Waals surface area contributed by atoms with Gasteiger partial charge in [0.05, 0.1) is 12.2 Å². The molecule has 0 bridgehead atoms. The summed E-state index contributed by atoms with van der Waals surface area (Å²) in [6.45, 7) is 5.16. The molecule has 1 amide bonds. The van der Waals surface area contributed by atoms with Crippen LogP contribution in [0.5, 0.6) is 0 Å². The van der Waals surface area contributed by atoms with Gasteiger partial charge < -0.3 is 9.64 Å². The molecule has 0 unspecified atom stereocenters. The van der Waals surface area contributed by atoms with E-state index in [1.165, 1.54) is 10.9 Å². The van der Waals surface area contributed by atoms with Crippen molar-refractivity contribution < 1.29 is 9.53 Å². The fourth-order valence-corrected chi connectivity index (χ4v) is 4.82. The first-order valence-corrected chi connectivity index (χ1v) is 10.9. The topological polar surface area (TPSA) is 32.8 Å². The molecule has 0 radical (unpaired) electrons. The van der Waals surface area contributed by atoms with Gasteiger partial charge in [-0.3, -0.25) is 9.69 Å². The first-order chi connectivity index (χ1) is 14.7. The number of hydrogen-bond acceptors (Lipinski definition) is 3. The minimum Gasteiger partial charge on any atom is -0.372 e. The molecule has 0 atom stereocenters. The SMILES string of the molecule is O=C(c1ccc2ccccc2c1)N1CCC2(CC1)CN(Cc1ccccc1)CCO2. The Labute approximate surface area is 178 Å². The van der Waals surface area contributed by atoms with Crippen LogP contribution in [0.3, 0.4) is 0 Å². The monoisotopic (exact) mass is 400 g/mol. The van der Waals surface area contributed by atoms with Crippen molar-refractivity contribution in [3.8, 4) is 0 Å². The Morgan fingerprint density at radius 3 is 2.40 bits per heavy atom. The number of piperidine rings is 1. The van der Waals surface area contributed by atoms with Gasteiger partial charge in [-0.25, -0.2) is 0 Å². The van der Waals surface area contributed by atoms with E-state index >= 15 is 0 Å². The van der Waals surface area contributed by atoms with E-state index in [0.29, 0.717) is 0 Å². The van der Waals surface area contributed by atoms with E-state index in [2.05, 4.69) is 47.4 Å². The van der Waals surface area contributed by atoms with Gasteiger partial charge in [-0.05, 0) is 41.3 Å². The number of fused-ring (bicyclic) bond motifs is 1. The van der Waals surface area contributed by atoms with E-state index in [0.717, 1.165) is 63.1 Å². The molecule has 2 aliphatic rings. The summed E-state index contributed by atoms with van der Waals surface area (Å²) in [5, 5.41) is 2.28. The zero-order valence-corrected chi connectivity index (χ0v) is 17.3. The average Bonchev–Trinajstić information content (AvgIpc) is 2.80. The molecule has 2 saturated heterocycles. The third-order valence-corrected chi connectivity index (χ3v) is 6.53. The van der Waals surface area contributed by atoms with Crippen LogP contribution in [0.15, 0.2) is 72.8 Å². The fraction of sp³-hybridized carbons (Fsp3) is 0.346. The van der Waals surface area contributed by atoms with Crippen LogP contribution >= 0.6 is 0 Å². The minimum atomic E-state index is -0.118.